The van der Waals surface area contributed by atoms with Crippen molar-refractivity contribution < 1.29 is 26.7 Å². The smallest absolute Gasteiger partial charge is 0.349 e. The lowest BCUT2D eigenvalue weighted by molar-refractivity contribution is -0.137. The van der Waals surface area contributed by atoms with E-state index in [0.29, 0.717) is 24.2 Å². The molecule has 1 heterocycles. The van der Waals surface area contributed by atoms with E-state index in [2.05, 4.69) is 5.32 Å². The molecule has 3 aromatic carbocycles. The zero-order valence-electron chi connectivity index (χ0n) is 17.9. The predicted molar refractivity (Wildman–Crippen MR) is 117 cm³/mol. The van der Waals surface area contributed by atoms with Crippen LogP contribution in [0.2, 0.25) is 0 Å². The van der Waals surface area contributed by atoms with Crippen LogP contribution in [0.4, 0.5) is 22.0 Å². The van der Waals surface area contributed by atoms with Crippen LogP contribution in [0.1, 0.15) is 22.8 Å². The van der Waals surface area contributed by atoms with Gasteiger partial charge in [-0.3, -0.25) is 9.69 Å². The highest BCUT2D eigenvalue weighted by Gasteiger charge is 2.33. The van der Waals surface area contributed by atoms with E-state index in [1.54, 1.807) is 29.2 Å². The number of nitrogens with one attached hydrogen (secondary N) is 1. The number of likely N-dealkylation sites (tertiary alicyclic amines) is 1. The van der Waals surface area contributed by atoms with Gasteiger partial charge in [0.05, 0.1) is 12.1 Å². The van der Waals surface area contributed by atoms with Crippen LogP contribution >= 0.6 is 0 Å². The Morgan fingerprint density at radius 3 is 2.39 bits per heavy atom. The molecule has 33 heavy (non-hydrogen) atoms. The van der Waals surface area contributed by atoms with Gasteiger partial charge in [0.1, 0.15) is 0 Å². The lowest BCUT2D eigenvalue weighted by Gasteiger charge is -2.42. The van der Waals surface area contributed by atoms with E-state index < -0.39 is 18.2 Å². The first-order valence-corrected chi connectivity index (χ1v) is 10.6. The van der Waals surface area contributed by atoms with Gasteiger partial charge >= 0.3 is 6.18 Å². The van der Waals surface area contributed by atoms with Crippen molar-refractivity contribution >= 4 is 16.7 Å². The van der Waals surface area contributed by atoms with E-state index in [0.717, 1.165) is 28.5 Å². The molecule has 0 unspecified atom stereocenters. The normalized spacial score (nSPS) is 16.1. The van der Waals surface area contributed by atoms with Gasteiger partial charge in [-0.25, -0.2) is 8.78 Å². The Kier molecular flexibility index (Phi) is 6.38. The molecule has 1 aliphatic rings. The molecule has 0 aliphatic carbocycles. The number of amides is 1. The number of alkyl halides is 5. The lowest BCUT2D eigenvalue weighted by Crippen LogP contribution is -2.56. The van der Waals surface area contributed by atoms with E-state index in [-0.39, 0.29) is 24.4 Å². The molecule has 1 atom stereocenters. The highest BCUT2D eigenvalue weighted by Crippen LogP contribution is 2.33. The van der Waals surface area contributed by atoms with Crippen molar-refractivity contribution in [3.8, 4) is 11.1 Å². The quantitative estimate of drug-likeness (QED) is 0.467. The summed E-state index contributed by atoms with van der Waals surface area (Å²) in [5.74, 6) is -0.129. The maximum absolute atomic E-state index is 12.9. The van der Waals surface area contributed by atoms with Crippen LogP contribution in [0.3, 0.4) is 0 Å². The van der Waals surface area contributed by atoms with Crippen LogP contribution in [-0.4, -0.2) is 42.9 Å². The first-order valence-electron chi connectivity index (χ1n) is 10.6. The number of halogens is 5. The van der Waals surface area contributed by atoms with Crippen molar-refractivity contribution in [1.82, 2.24) is 10.2 Å². The molecule has 0 aromatic heterocycles. The fourth-order valence-electron chi connectivity index (χ4n) is 4.19. The fraction of sp³-hybridized carbons (Fsp3) is 0.320. The number of hydrogen-bond acceptors (Lipinski definition) is 2. The number of carbonyl (C=O) groups is 1. The van der Waals surface area contributed by atoms with Gasteiger partial charge in [0, 0.05) is 30.6 Å². The minimum absolute atomic E-state index is 0.124. The summed E-state index contributed by atoms with van der Waals surface area (Å²) in [6, 6.07) is 15.5. The van der Waals surface area contributed by atoms with Gasteiger partial charge in [0.15, 0.2) is 0 Å². The molecule has 1 N–H and O–H groups in total. The second kappa shape index (κ2) is 9.09. The number of nitrogens with zero attached hydrogens (tertiary/aromatic N) is 1. The van der Waals surface area contributed by atoms with Crippen molar-refractivity contribution in [2.24, 2.45) is 5.92 Å². The summed E-state index contributed by atoms with van der Waals surface area (Å²) in [4.78, 5) is 14.4. The van der Waals surface area contributed by atoms with Gasteiger partial charge in [0.25, 0.3) is 12.3 Å². The third kappa shape index (κ3) is 5.16. The highest BCUT2D eigenvalue weighted by atomic mass is 19.4. The molecule has 4 rings (SSSR count). The maximum Gasteiger partial charge on any atom is 0.416 e. The van der Waals surface area contributed by atoms with Crippen LogP contribution in [0.15, 0.2) is 60.7 Å². The van der Waals surface area contributed by atoms with Gasteiger partial charge < -0.3 is 5.32 Å². The Hall–Kier alpha value is -3.00. The van der Waals surface area contributed by atoms with Gasteiger partial charge in [-0.1, -0.05) is 36.4 Å². The predicted octanol–water partition coefficient (Wildman–Crippen LogP) is 5.84. The molecule has 8 heteroatoms. The molecule has 1 saturated heterocycles. The Balaban J connectivity index is 1.48. The molecule has 0 radical (unpaired) electrons. The minimum Gasteiger partial charge on any atom is -0.349 e. The van der Waals surface area contributed by atoms with E-state index in [9.17, 15) is 26.7 Å². The summed E-state index contributed by atoms with van der Waals surface area (Å²) in [6.45, 7) is 2.68. The molecule has 1 fully saturated rings. The zero-order valence-corrected chi connectivity index (χ0v) is 17.9. The topological polar surface area (TPSA) is 32.3 Å². The van der Waals surface area contributed by atoms with Gasteiger partial charge in [-0.15, -0.1) is 0 Å². The molecular formula is C25H23F5N2O. The summed E-state index contributed by atoms with van der Waals surface area (Å²) < 4.78 is 63.5. The maximum atomic E-state index is 12.9. The summed E-state index contributed by atoms with van der Waals surface area (Å²) >= 11 is 0. The second-order valence-electron chi connectivity index (χ2n) is 8.45. The minimum atomic E-state index is -4.39. The van der Waals surface area contributed by atoms with E-state index >= 15 is 0 Å². The third-order valence-corrected chi connectivity index (χ3v) is 6.11. The van der Waals surface area contributed by atoms with Crippen LogP contribution in [0.5, 0.6) is 0 Å². The van der Waals surface area contributed by atoms with Crippen molar-refractivity contribution in [3.05, 3.63) is 71.8 Å². The standard InChI is InChI=1S/C25H23F5N2O/c1-15(19-12-32(13-19)14-23(26)27)31-24(33)18-7-10-22-17(11-18)3-2-4-21(22)16-5-8-20(9-6-16)25(28,29)30/h2-11,15,19,23H,12-14H2,1H3,(H,31,33)/t15-/m0/s1. The van der Waals surface area contributed by atoms with E-state index in [1.165, 1.54) is 12.1 Å². The van der Waals surface area contributed by atoms with Crippen molar-refractivity contribution in [1.29, 1.82) is 0 Å². The summed E-state index contributed by atoms with van der Waals surface area (Å²) in [5.41, 5.74) is 1.18. The lowest BCUT2D eigenvalue weighted by atomic mass is 9.92. The number of fused-ring (bicyclic) bond motifs is 1. The largest absolute Gasteiger partial charge is 0.416 e. The first kappa shape index (κ1) is 23.2. The first-order chi connectivity index (χ1) is 15.6. The van der Waals surface area contributed by atoms with Crippen LogP contribution in [0.25, 0.3) is 21.9 Å². The molecule has 0 saturated carbocycles. The summed E-state index contributed by atoms with van der Waals surface area (Å²) in [6.07, 6.45) is -6.75. The second-order valence-corrected chi connectivity index (χ2v) is 8.45. The van der Waals surface area contributed by atoms with E-state index in [4.69, 9.17) is 0 Å². The molecule has 0 spiro atoms. The zero-order chi connectivity index (χ0) is 23.8. The third-order valence-electron chi connectivity index (χ3n) is 6.11. The Morgan fingerprint density at radius 1 is 1.06 bits per heavy atom. The van der Waals surface area contributed by atoms with Gasteiger partial charge in [-0.2, -0.15) is 13.2 Å². The monoisotopic (exact) mass is 462 g/mol. The molecule has 1 aliphatic heterocycles. The SMILES string of the molecule is C[C@H](NC(=O)c1ccc2c(-c3ccc(C(F)(F)F)cc3)cccc2c1)C1CN(CC(F)F)C1. The Bertz CT molecular complexity index is 1140. The van der Waals surface area contributed by atoms with Crippen LogP contribution in [0, 0.1) is 5.92 Å². The summed E-state index contributed by atoms with van der Waals surface area (Å²) in [7, 11) is 0. The molecule has 174 valence electrons. The van der Waals surface area contributed by atoms with Crippen molar-refractivity contribution in [2.75, 3.05) is 19.6 Å². The van der Waals surface area contributed by atoms with Crippen molar-refractivity contribution in [3.63, 3.8) is 0 Å². The fourth-order valence-corrected chi connectivity index (χ4v) is 4.19. The number of rotatable bonds is 6. The molecule has 3 aromatic rings. The molecule has 3 nitrogen and oxygen atoms in total. The average molecular weight is 462 g/mol. The average Bonchev–Trinajstić information content (AvgIpc) is 2.74. The van der Waals surface area contributed by atoms with Gasteiger partial charge in [-0.05, 0) is 53.1 Å². The highest BCUT2D eigenvalue weighted by molar-refractivity contribution is 6.02. The molecular weight excluding hydrogens is 439 g/mol. The Morgan fingerprint density at radius 2 is 1.76 bits per heavy atom. The van der Waals surface area contributed by atoms with Crippen LogP contribution < -0.4 is 5.32 Å². The van der Waals surface area contributed by atoms with E-state index in [1.807, 2.05) is 19.1 Å². The number of hydrogen-bond donors (Lipinski definition) is 1. The molecule has 0 bridgehead atoms. The van der Waals surface area contributed by atoms with Crippen molar-refractivity contribution in [2.45, 2.75) is 25.6 Å². The summed E-state index contributed by atoms with van der Waals surface area (Å²) in [5, 5.41) is 4.56. The number of benzene rings is 3. The van der Waals surface area contributed by atoms with Gasteiger partial charge in [0.2, 0.25) is 0 Å². The number of carbonyl (C=O) groups excluding carboxylic acids is 1. The molecule has 1 amide bonds. The Labute approximate surface area is 188 Å². The van der Waals surface area contributed by atoms with Crippen LogP contribution in [-0.2, 0) is 6.18 Å².